The van der Waals surface area contributed by atoms with Crippen LogP contribution < -0.4 is 0 Å². The van der Waals surface area contributed by atoms with Crippen molar-refractivity contribution in [1.29, 1.82) is 0 Å². The van der Waals surface area contributed by atoms with E-state index in [1.54, 1.807) is 6.92 Å². The first kappa shape index (κ1) is 5.92. The molecule has 2 heteroatoms. The molecule has 0 atom stereocenters. The predicted octanol–water partition coefficient (Wildman–Crippen LogP) is 0.0972. The van der Waals surface area contributed by atoms with Crippen molar-refractivity contribution in [3.8, 4) is 0 Å². The SMILES string of the molecule is CCC(C)(O)O. The van der Waals surface area contributed by atoms with Gasteiger partial charge in [0.15, 0.2) is 5.79 Å². The summed E-state index contributed by atoms with van der Waals surface area (Å²) in [6, 6.07) is 0. The third-order valence-corrected chi connectivity index (χ3v) is 0.670. The first-order valence-corrected chi connectivity index (χ1v) is 2.01. The van der Waals surface area contributed by atoms with Crippen LogP contribution >= 0.6 is 0 Å². The Bertz CT molecular complexity index is 35.3. The minimum absolute atomic E-state index is 0.382. The fourth-order valence-electron chi connectivity index (χ4n) is 0. The maximum atomic E-state index is 8.38. The Morgan fingerprint density at radius 3 is 1.67 bits per heavy atom. The van der Waals surface area contributed by atoms with E-state index in [1.165, 1.54) is 6.92 Å². The fourth-order valence-corrected chi connectivity index (χ4v) is 0. The minimum Gasteiger partial charge on any atom is -0.366 e. The quantitative estimate of drug-likeness (QED) is 0.448. The van der Waals surface area contributed by atoms with Crippen molar-refractivity contribution in [2.75, 3.05) is 0 Å². The molecule has 0 rings (SSSR count). The van der Waals surface area contributed by atoms with E-state index < -0.39 is 5.79 Å². The average Bonchev–Trinajstić information content (AvgIpc) is 1.35. The Labute approximate surface area is 37.4 Å². The van der Waals surface area contributed by atoms with Gasteiger partial charge in [0, 0.05) is 0 Å². The van der Waals surface area contributed by atoms with Crippen molar-refractivity contribution in [1.82, 2.24) is 0 Å². The number of hydrogen-bond acceptors (Lipinski definition) is 2. The summed E-state index contributed by atoms with van der Waals surface area (Å²) in [4.78, 5) is 0. The molecule has 0 aliphatic carbocycles. The Morgan fingerprint density at radius 1 is 1.50 bits per heavy atom. The van der Waals surface area contributed by atoms with Crippen LogP contribution in [0.2, 0.25) is 0 Å². The third kappa shape index (κ3) is 3.92. The second-order valence-electron chi connectivity index (χ2n) is 1.57. The Balaban J connectivity index is 3.17. The Morgan fingerprint density at radius 2 is 1.67 bits per heavy atom. The molecule has 0 saturated carbocycles. The predicted molar refractivity (Wildman–Crippen MR) is 23.1 cm³/mol. The van der Waals surface area contributed by atoms with Crippen LogP contribution in [0.1, 0.15) is 20.3 Å². The molecule has 0 aromatic carbocycles. The highest BCUT2D eigenvalue weighted by molar-refractivity contribution is 4.47. The molecule has 2 N–H and O–H groups in total. The standard InChI is InChI=1S/C4H10O2/c1-3-4(2,5)6/h5-6H,3H2,1-2H3. The topological polar surface area (TPSA) is 40.5 Å². The zero-order valence-corrected chi connectivity index (χ0v) is 4.10. The van der Waals surface area contributed by atoms with E-state index in [9.17, 15) is 0 Å². The molecule has 2 nitrogen and oxygen atoms in total. The molecular formula is C4H10O2. The minimum atomic E-state index is -1.46. The maximum absolute atomic E-state index is 8.38. The largest absolute Gasteiger partial charge is 0.366 e. The molecule has 0 aromatic heterocycles. The van der Waals surface area contributed by atoms with E-state index in [0.29, 0.717) is 6.42 Å². The summed E-state index contributed by atoms with van der Waals surface area (Å²) in [6.45, 7) is 3.06. The lowest BCUT2D eigenvalue weighted by atomic mass is 10.3. The summed E-state index contributed by atoms with van der Waals surface area (Å²) < 4.78 is 0. The highest BCUT2D eigenvalue weighted by Gasteiger charge is 2.08. The number of hydrogen-bond donors (Lipinski definition) is 2. The van der Waals surface area contributed by atoms with E-state index >= 15 is 0 Å². The molecule has 0 spiro atoms. The zero-order chi connectivity index (χ0) is 5.21. The van der Waals surface area contributed by atoms with Crippen molar-refractivity contribution < 1.29 is 10.2 Å². The summed E-state index contributed by atoms with van der Waals surface area (Å²) in [5.74, 6) is -1.46. The lowest BCUT2D eigenvalue weighted by molar-refractivity contribution is -0.145. The monoisotopic (exact) mass is 90.1 g/mol. The van der Waals surface area contributed by atoms with Crippen molar-refractivity contribution in [3.63, 3.8) is 0 Å². The second-order valence-corrected chi connectivity index (χ2v) is 1.57. The summed E-state index contributed by atoms with van der Waals surface area (Å²) in [5.41, 5.74) is 0. The molecule has 6 heavy (non-hydrogen) atoms. The van der Waals surface area contributed by atoms with Gasteiger partial charge < -0.3 is 10.2 Å². The molecule has 0 bridgehead atoms. The van der Waals surface area contributed by atoms with E-state index in [1.807, 2.05) is 0 Å². The van der Waals surface area contributed by atoms with Crippen molar-refractivity contribution in [3.05, 3.63) is 0 Å². The number of aliphatic hydroxyl groups is 2. The molecule has 0 amide bonds. The van der Waals surface area contributed by atoms with Crippen LogP contribution in [0, 0.1) is 0 Å². The van der Waals surface area contributed by atoms with Crippen molar-refractivity contribution in [2.45, 2.75) is 26.1 Å². The van der Waals surface area contributed by atoms with E-state index in [0.717, 1.165) is 0 Å². The van der Waals surface area contributed by atoms with Crippen molar-refractivity contribution in [2.24, 2.45) is 0 Å². The van der Waals surface area contributed by atoms with Gasteiger partial charge in [0.25, 0.3) is 0 Å². The fraction of sp³-hybridized carbons (Fsp3) is 1.00. The van der Waals surface area contributed by atoms with Gasteiger partial charge in [-0.1, -0.05) is 6.92 Å². The first-order valence-electron chi connectivity index (χ1n) is 2.01. The first-order chi connectivity index (χ1) is 2.56. The average molecular weight is 90.1 g/mol. The molecule has 0 aliphatic heterocycles. The van der Waals surface area contributed by atoms with Crippen LogP contribution in [0.4, 0.5) is 0 Å². The molecule has 0 radical (unpaired) electrons. The highest BCUT2D eigenvalue weighted by Crippen LogP contribution is 1.99. The molecule has 0 unspecified atom stereocenters. The van der Waals surface area contributed by atoms with Gasteiger partial charge >= 0.3 is 0 Å². The number of rotatable bonds is 1. The smallest absolute Gasteiger partial charge is 0.159 e. The normalized spacial score (nSPS) is 12.0. The van der Waals surface area contributed by atoms with Gasteiger partial charge in [-0.2, -0.15) is 0 Å². The van der Waals surface area contributed by atoms with Gasteiger partial charge in [0.1, 0.15) is 0 Å². The second kappa shape index (κ2) is 1.58. The van der Waals surface area contributed by atoms with Gasteiger partial charge in [-0.15, -0.1) is 0 Å². The molecule has 0 saturated heterocycles. The molecule has 0 fully saturated rings. The Kier molecular flexibility index (Phi) is 1.56. The van der Waals surface area contributed by atoms with Gasteiger partial charge in [0.05, 0.1) is 0 Å². The summed E-state index contributed by atoms with van der Waals surface area (Å²) in [5, 5.41) is 16.8. The van der Waals surface area contributed by atoms with Crippen molar-refractivity contribution >= 4 is 0 Å². The summed E-state index contributed by atoms with van der Waals surface area (Å²) in [7, 11) is 0. The lowest BCUT2D eigenvalue weighted by Gasteiger charge is -2.10. The highest BCUT2D eigenvalue weighted by atomic mass is 16.5. The zero-order valence-electron chi connectivity index (χ0n) is 4.10. The van der Waals surface area contributed by atoms with Gasteiger partial charge in [-0.25, -0.2) is 0 Å². The van der Waals surface area contributed by atoms with Gasteiger partial charge in [-0.3, -0.25) is 0 Å². The van der Waals surface area contributed by atoms with Crippen LogP contribution in [0.3, 0.4) is 0 Å². The van der Waals surface area contributed by atoms with E-state index in [2.05, 4.69) is 0 Å². The molecule has 38 valence electrons. The Hall–Kier alpha value is -0.0800. The lowest BCUT2D eigenvalue weighted by Crippen LogP contribution is -2.20. The summed E-state index contributed by atoms with van der Waals surface area (Å²) in [6.07, 6.45) is 0.382. The molecular weight excluding hydrogens is 80.0 g/mol. The molecule has 0 aromatic rings. The third-order valence-electron chi connectivity index (χ3n) is 0.670. The van der Waals surface area contributed by atoms with Crippen LogP contribution in [0.15, 0.2) is 0 Å². The van der Waals surface area contributed by atoms with E-state index in [4.69, 9.17) is 10.2 Å². The van der Waals surface area contributed by atoms with Crippen LogP contribution in [-0.4, -0.2) is 16.0 Å². The van der Waals surface area contributed by atoms with Crippen LogP contribution in [-0.2, 0) is 0 Å². The van der Waals surface area contributed by atoms with Crippen LogP contribution in [0.25, 0.3) is 0 Å². The van der Waals surface area contributed by atoms with E-state index in [-0.39, 0.29) is 0 Å². The van der Waals surface area contributed by atoms with Gasteiger partial charge in [-0.05, 0) is 13.3 Å². The molecule has 0 aliphatic rings. The van der Waals surface area contributed by atoms with Crippen LogP contribution in [0.5, 0.6) is 0 Å². The van der Waals surface area contributed by atoms with Gasteiger partial charge in [0.2, 0.25) is 0 Å². The summed E-state index contributed by atoms with van der Waals surface area (Å²) >= 11 is 0. The maximum Gasteiger partial charge on any atom is 0.159 e. The molecule has 0 heterocycles.